The van der Waals surface area contributed by atoms with Crippen molar-refractivity contribution in [3.05, 3.63) is 23.3 Å². The molecule has 1 aliphatic rings. The Morgan fingerprint density at radius 1 is 1.45 bits per heavy atom. The Hall–Kier alpha value is -0.850. The number of Topliss-reactive ketones (excluding diaryl/α,β-unsaturated/α-hetero) is 1. The Labute approximate surface area is 67.8 Å². The minimum absolute atomic E-state index is 0.300. The van der Waals surface area contributed by atoms with Gasteiger partial charge in [0.1, 0.15) is 0 Å². The van der Waals surface area contributed by atoms with E-state index in [4.69, 9.17) is 0 Å². The quantitative estimate of drug-likeness (QED) is 0.591. The van der Waals surface area contributed by atoms with Crippen LogP contribution < -0.4 is 0 Å². The third-order valence-corrected chi connectivity index (χ3v) is 2.04. The van der Waals surface area contributed by atoms with Crippen LogP contribution >= 0.6 is 0 Å². The fourth-order valence-corrected chi connectivity index (χ4v) is 1.20. The predicted octanol–water partition coefficient (Wildman–Crippen LogP) is 2.63. The number of carbonyl (C=O) groups excluding carboxylic acids is 1. The molecule has 0 N–H and O–H groups in total. The summed E-state index contributed by atoms with van der Waals surface area (Å²) in [5.74, 6) is 0.300. The Kier molecular flexibility index (Phi) is 2.64. The topological polar surface area (TPSA) is 17.1 Å². The second-order valence-corrected chi connectivity index (χ2v) is 2.98. The molecule has 0 saturated heterocycles. The third-order valence-electron chi connectivity index (χ3n) is 2.04. The van der Waals surface area contributed by atoms with Crippen LogP contribution in [0.4, 0.5) is 0 Å². The first-order valence-corrected chi connectivity index (χ1v) is 4.13. The predicted molar refractivity (Wildman–Crippen MR) is 46.4 cm³/mol. The van der Waals surface area contributed by atoms with Gasteiger partial charge in [0.25, 0.3) is 0 Å². The summed E-state index contributed by atoms with van der Waals surface area (Å²) in [5.41, 5.74) is 2.37. The number of carbonyl (C=O) groups is 1. The summed E-state index contributed by atoms with van der Waals surface area (Å²) in [6, 6.07) is 0. The molecule has 0 fully saturated rings. The molecule has 0 unspecified atom stereocenters. The molecular formula is C10H14O. The lowest BCUT2D eigenvalue weighted by atomic mass is 9.96. The Balaban J connectivity index is 2.68. The summed E-state index contributed by atoms with van der Waals surface area (Å²) in [6.07, 6.45) is 6.64. The van der Waals surface area contributed by atoms with E-state index in [9.17, 15) is 4.79 Å². The summed E-state index contributed by atoms with van der Waals surface area (Å²) in [4.78, 5) is 11.2. The molecule has 0 aliphatic heterocycles. The molecule has 0 aromatic rings. The second-order valence-electron chi connectivity index (χ2n) is 2.98. The molecule has 11 heavy (non-hydrogen) atoms. The number of hydrogen-bond acceptors (Lipinski definition) is 1. The van der Waals surface area contributed by atoms with Crippen LogP contribution in [-0.4, -0.2) is 5.78 Å². The van der Waals surface area contributed by atoms with Crippen molar-refractivity contribution >= 4 is 5.78 Å². The minimum atomic E-state index is 0.300. The van der Waals surface area contributed by atoms with Gasteiger partial charge in [-0.25, -0.2) is 0 Å². The first-order chi connectivity index (χ1) is 5.24. The molecule has 0 amide bonds. The van der Waals surface area contributed by atoms with Crippen LogP contribution in [-0.2, 0) is 4.79 Å². The van der Waals surface area contributed by atoms with Crippen molar-refractivity contribution in [2.75, 3.05) is 0 Å². The Morgan fingerprint density at radius 2 is 2.18 bits per heavy atom. The standard InChI is InChI=1S/C10H14O/c1-3-10(11)9-6-4-8(2)5-7-9/h4,6H,3,5,7H2,1-2H3. The molecule has 0 atom stereocenters. The van der Waals surface area contributed by atoms with Gasteiger partial charge >= 0.3 is 0 Å². The van der Waals surface area contributed by atoms with Crippen molar-refractivity contribution in [3.63, 3.8) is 0 Å². The molecule has 0 bridgehead atoms. The van der Waals surface area contributed by atoms with Crippen molar-refractivity contribution in [1.29, 1.82) is 0 Å². The molecular weight excluding hydrogens is 136 g/mol. The van der Waals surface area contributed by atoms with Gasteiger partial charge in [0, 0.05) is 6.42 Å². The first-order valence-electron chi connectivity index (χ1n) is 4.13. The van der Waals surface area contributed by atoms with Gasteiger partial charge in [-0.3, -0.25) is 4.79 Å². The average Bonchev–Trinajstić information content (AvgIpc) is 2.05. The van der Waals surface area contributed by atoms with Gasteiger partial charge in [0.15, 0.2) is 5.78 Å². The lowest BCUT2D eigenvalue weighted by Crippen LogP contribution is -2.03. The molecule has 0 aromatic carbocycles. The van der Waals surface area contributed by atoms with E-state index in [1.807, 2.05) is 19.1 Å². The molecule has 0 saturated carbocycles. The normalized spacial score (nSPS) is 17.3. The highest BCUT2D eigenvalue weighted by Crippen LogP contribution is 2.18. The van der Waals surface area contributed by atoms with E-state index in [0.29, 0.717) is 12.2 Å². The smallest absolute Gasteiger partial charge is 0.158 e. The Bertz CT molecular complexity index is 221. The maximum atomic E-state index is 11.2. The van der Waals surface area contributed by atoms with Crippen molar-refractivity contribution in [1.82, 2.24) is 0 Å². The van der Waals surface area contributed by atoms with Crippen LogP contribution in [0.2, 0.25) is 0 Å². The summed E-state index contributed by atoms with van der Waals surface area (Å²) in [7, 11) is 0. The minimum Gasteiger partial charge on any atom is -0.295 e. The fraction of sp³-hybridized carbons (Fsp3) is 0.500. The third kappa shape index (κ3) is 2.04. The van der Waals surface area contributed by atoms with Gasteiger partial charge in [-0.05, 0) is 25.3 Å². The van der Waals surface area contributed by atoms with E-state index in [-0.39, 0.29) is 0 Å². The lowest BCUT2D eigenvalue weighted by molar-refractivity contribution is -0.115. The van der Waals surface area contributed by atoms with Crippen molar-refractivity contribution in [2.45, 2.75) is 33.1 Å². The highest BCUT2D eigenvalue weighted by Gasteiger charge is 2.08. The summed E-state index contributed by atoms with van der Waals surface area (Å²) >= 11 is 0. The number of ketones is 1. The maximum Gasteiger partial charge on any atom is 0.158 e. The van der Waals surface area contributed by atoms with Gasteiger partial charge in [-0.15, -0.1) is 0 Å². The van der Waals surface area contributed by atoms with Crippen LogP contribution in [0.3, 0.4) is 0 Å². The number of rotatable bonds is 2. The Morgan fingerprint density at radius 3 is 2.64 bits per heavy atom. The van der Waals surface area contributed by atoms with Gasteiger partial charge in [-0.2, -0.15) is 0 Å². The molecule has 1 aliphatic carbocycles. The molecule has 0 aromatic heterocycles. The molecule has 1 rings (SSSR count). The molecule has 0 radical (unpaired) electrons. The van der Waals surface area contributed by atoms with Crippen molar-refractivity contribution in [3.8, 4) is 0 Å². The van der Waals surface area contributed by atoms with Gasteiger partial charge in [-0.1, -0.05) is 24.6 Å². The maximum absolute atomic E-state index is 11.2. The van der Waals surface area contributed by atoms with Crippen molar-refractivity contribution in [2.24, 2.45) is 0 Å². The van der Waals surface area contributed by atoms with Gasteiger partial charge in [0.05, 0.1) is 0 Å². The first kappa shape index (κ1) is 8.25. The van der Waals surface area contributed by atoms with Crippen LogP contribution in [0, 0.1) is 0 Å². The summed E-state index contributed by atoms with van der Waals surface area (Å²) in [5, 5.41) is 0. The van der Waals surface area contributed by atoms with Gasteiger partial charge < -0.3 is 0 Å². The molecule has 1 nitrogen and oxygen atoms in total. The SMILES string of the molecule is CCC(=O)C1=CC=C(C)CC1. The monoisotopic (exact) mass is 150 g/mol. The van der Waals surface area contributed by atoms with E-state index in [0.717, 1.165) is 18.4 Å². The molecule has 0 spiro atoms. The van der Waals surface area contributed by atoms with Crippen LogP contribution in [0.1, 0.15) is 33.1 Å². The zero-order valence-electron chi connectivity index (χ0n) is 7.18. The van der Waals surface area contributed by atoms with Crippen molar-refractivity contribution < 1.29 is 4.79 Å². The highest BCUT2D eigenvalue weighted by atomic mass is 16.1. The van der Waals surface area contributed by atoms with E-state index >= 15 is 0 Å². The fourth-order valence-electron chi connectivity index (χ4n) is 1.20. The van der Waals surface area contributed by atoms with E-state index < -0.39 is 0 Å². The average molecular weight is 150 g/mol. The van der Waals surface area contributed by atoms with Crippen LogP contribution in [0.15, 0.2) is 23.3 Å². The summed E-state index contributed by atoms with van der Waals surface area (Å²) in [6.45, 7) is 4.01. The number of allylic oxidation sites excluding steroid dienone is 4. The largest absolute Gasteiger partial charge is 0.295 e. The zero-order chi connectivity index (χ0) is 8.27. The van der Waals surface area contributed by atoms with Crippen LogP contribution in [0.25, 0.3) is 0 Å². The van der Waals surface area contributed by atoms with Gasteiger partial charge in [0.2, 0.25) is 0 Å². The van der Waals surface area contributed by atoms with E-state index in [1.54, 1.807) is 0 Å². The molecule has 0 heterocycles. The van der Waals surface area contributed by atoms with E-state index in [2.05, 4.69) is 6.92 Å². The molecule has 1 heteroatoms. The van der Waals surface area contributed by atoms with E-state index in [1.165, 1.54) is 5.57 Å². The highest BCUT2D eigenvalue weighted by molar-refractivity contribution is 5.95. The molecule has 60 valence electrons. The lowest BCUT2D eigenvalue weighted by Gasteiger charge is -2.09. The summed E-state index contributed by atoms with van der Waals surface area (Å²) < 4.78 is 0. The number of hydrogen-bond donors (Lipinski definition) is 0. The van der Waals surface area contributed by atoms with Crippen LogP contribution in [0.5, 0.6) is 0 Å². The zero-order valence-corrected chi connectivity index (χ0v) is 7.18. The second kappa shape index (κ2) is 3.51.